The Morgan fingerprint density at radius 2 is 2.33 bits per heavy atom. The highest BCUT2D eigenvalue weighted by Crippen LogP contribution is 2.11. The lowest BCUT2D eigenvalue weighted by Gasteiger charge is -2.02. The van der Waals surface area contributed by atoms with E-state index in [4.69, 9.17) is 10.6 Å². The zero-order valence-corrected chi connectivity index (χ0v) is 6.70. The molecule has 0 atom stereocenters. The number of carbonyl (C=O) groups excluding carboxylic acids is 1. The third-order valence-electron chi connectivity index (χ3n) is 1.34. The monoisotopic (exact) mass is 166 g/mol. The Kier molecular flexibility index (Phi) is 2.66. The van der Waals surface area contributed by atoms with Crippen LogP contribution in [0.3, 0.4) is 0 Å². The van der Waals surface area contributed by atoms with Crippen molar-refractivity contribution in [2.75, 3.05) is 7.05 Å². The molecule has 64 valence electrons. The quantitative estimate of drug-likeness (QED) is 0.635. The number of amides is 1. The average Bonchev–Trinajstić information content (AvgIpc) is 2.05. The Morgan fingerprint density at radius 3 is 2.92 bits per heavy atom. The Hall–Kier alpha value is -1.55. The van der Waals surface area contributed by atoms with Crippen LogP contribution in [0.25, 0.3) is 0 Å². The number of carbonyl (C=O) groups is 1. The van der Waals surface area contributed by atoms with E-state index in [2.05, 4.69) is 5.48 Å². The van der Waals surface area contributed by atoms with Crippen molar-refractivity contribution in [3.63, 3.8) is 0 Å². The molecule has 4 heteroatoms. The maximum absolute atomic E-state index is 10.7. The van der Waals surface area contributed by atoms with Crippen LogP contribution in [-0.2, 0) is 0 Å². The predicted octanol–water partition coefficient (Wildman–Crippen LogP) is 0.299. The van der Waals surface area contributed by atoms with Gasteiger partial charge in [-0.2, -0.15) is 5.48 Å². The summed E-state index contributed by atoms with van der Waals surface area (Å²) in [6.45, 7) is 0. The minimum atomic E-state index is -0.462. The van der Waals surface area contributed by atoms with Gasteiger partial charge in [0.25, 0.3) is 0 Å². The van der Waals surface area contributed by atoms with Crippen molar-refractivity contribution < 1.29 is 9.63 Å². The van der Waals surface area contributed by atoms with Gasteiger partial charge in [-0.1, -0.05) is 6.07 Å². The van der Waals surface area contributed by atoms with Gasteiger partial charge in [-0.25, -0.2) is 0 Å². The van der Waals surface area contributed by atoms with Crippen LogP contribution in [0.15, 0.2) is 24.3 Å². The molecule has 0 fully saturated rings. The summed E-state index contributed by atoms with van der Waals surface area (Å²) in [7, 11) is 1.64. The topological polar surface area (TPSA) is 64.3 Å². The zero-order valence-electron chi connectivity index (χ0n) is 6.70. The van der Waals surface area contributed by atoms with Crippen molar-refractivity contribution in [1.29, 1.82) is 0 Å². The lowest BCUT2D eigenvalue weighted by Crippen LogP contribution is -2.13. The van der Waals surface area contributed by atoms with E-state index in [1.807, 2.05) is 0 Å². The molecule has 1 aromatic carbocycles. The molecule has 0 saturated heterocycles. The summed E-state index contributed by atoms with van der Waals surface area (Å²) in [5.41, 5.74) is 8.00. The van der Waals surface area contributed by atoms with E-state index < -0.39 is 5.91 Å². The largest absolute Gasteiger partial charge is 0.409 e. The molecule has 3 N–H and O–H groups in total. The number of primary amides is 1. The zero-order chi connectivity index (χ0) is 8.97. The Morgan fingerprint density at radius 1 is 1.58 bits per heavy atom. The van der Waals surface area contributed by atoms with Gasteiger partial charge in [0, 0.05) is 12.6 Å². The number of nitrogens with one attached hydrogen (secondary N) is 1. The van der Waals surface area contributed by atoms with Crippen molar-refractivity contribution in [3.05, 3.63) is 29.8 Å². The standard InChI is InChI=1S/C8H10N2O2/c1-10-12-7-4-2-3-6(5-7)8(9)11/h2-5,10H,1H3,(H2,9,11). The fourth-order valence-electron chi connectivity index (χ4n) is 0.831. The minimum absolute atomic E-state index is 0.433. The lowest BCUT2D eigenvalue weighted by molar-refractivity contribution is 0.0999. The van der Waals surface area contributed by atoms with Gasteiger partial charge in [0.2, 0.25) is 5.91 Å². The van der Waals surface area contributed by atoms with Crippen LogP contribution in [0.2, 0.25) is 0 Å². The number of rotatable bonds is 3. The number of hydroxylamine groups is 1. The Labute approximate surface area is 70.3 Å². The molecular weight excluding hydrogens is 156 g/mol. The molecule has 0 aromatic heterocycles. The molecule has 1 amide bonds. The van der Waals surface area contributed by atoms with Gasteiger partial charge in [-0.15, -0.1) is 0 Å². The SMILES string of the molecule is CNOc1cccc(C(N)=O)c1. The van der Waals surface area contributed by atoms with Gasteiger partial charge in [-0.3, -0.25) is 4.79 Å². The fourth-order valence-corrected chi connectivity index (χ4v) is 0.831. The fraction of sp³-hybridized carbons (Fsp3) is 0.125. The summed E-state index contributed by atoms with van der Waals surface area (Å²) >= 11 is 0. The highest BCUT2D eigenvalue weighted by molar-refractivity contribution is 5.93. The van der Waals surface area contributed by atoms with Crippen molar-refractivity contribution in [2.45, 2.75) is 0 Å². The molecule has 0 spiro atoms. The van der Waals surface area contributed by atoms with E-state index in [0.717, 1.165) is 0 Å². The summed E-state index contributed by atoms with van der Waals surface area (Å²) in [4.78, 5) is 15.6. The van der Waals surface area contributed by atoms with Crippen molar-refractivity contribution in [1.82, 2.24) is 5.48 Å². The van der Waals surface area contributed by atoms with Gasteiger partial charge >= 0.3 is 0 Å². The summed E-state index contributed by atoms with van der Waals surface area (Å²) in [5.74, 6) is 0.102. The first-order chi connectivity index (χ1) is 5.74. The van der Waals surface area contributed by atoms with Gasteiger partial charge in [0.05, 0.1) is 0 Å². The molecule has 0 aliphatic carbocycles. The van der Waals surface area contributed by atoms with Gasteiger partial charge in [0.1, 0.15) is 5.75 Å². The molecule has 1 rings (SSSR count). The Bertz CT molecular complexity index is 286. The number of hydrogen-bond donors (Lipinski definition) is 2. The maximum atomic E-state index is 10.7. The van der Waals surface area contributed by atoms with Crippen LogP contribution < -0.4 is 16.1 Å². The van der Waals surface area contributed by atoms with Gasteiger partial charge in [0.15, 0.2) is 0 Å². The lowest BCUT2D eigenvalue weighted by atomic mass is 10.2. The third-order valence-corrected chi connectivity index (χ3v) is 1.34. The molecule has 0 saturated carbocycles. The van der Waals surface area contributed by atoms with E-state index in [1.54, 1.807) is 31.3 Å². The molecule has 0 heterocycles. The molecule has 0 unspecified atom stereocenters. The van der Waals surface area contributed by atoms with E-state index in [1.165, 1.54) is 0 Å². The first-order valence-electron chi connectivity index (χ1n) is 3.47. The van der Waals surface area contributed by atoms with E-state index in [-0.39, 0.29) is 0 Å². The van der Waals surface area contributed by atoms with Crippen LogP contribution in [0.5, 0.6) is 5.75 Å². The normalized spacial score (nSPS) is 9.42. The van der Waals surface area contributed by atoms with Crippen LogP contribution in [-0.4, -0.2) is 13.0 Å². The van der Waals surface area contributed by atoms with Crippen molar-refractivity contribution in [2.24, 2.45) is 5.73 Å². The second-order valence-electron chi connectivity index (χ2n) is 2.20. The summed E-state index contributed by atoms with van der Waals surface area (Å²) in [5, 5.41) is 0. The van der Waals surface area contributed by atoms with Crippen molar-refractivity contribution >= 4 is 5.91 Å². The first kappa shape index (κ1) is 8.55. The molecule has 12 heavy (non-hydrogen) atoms. The van der Waals surface area contributed by atoms with Crippen molar-refractivity contribution in [3.8, 4) is 5.75 Å². The number of hydrogen-bond acceptors (Lipinski definition) is 3. The molecule has 0 aliphatic rings. The number of benzene rings is 1. The highest BCUT2D eigenvalue weighted by atomic mass is 16.6. The summed E-state index contributed by atoms with van der Waals surface area (Å²) in [6.07, 6.45) is 0. The third kappa shape index (κ3) is 1.96. The molecule has 4 nitrogen and oxygen atoms in total. The van der Waals surface area contributed by atoms with E-state index in [9.17, 15) is 4.79 Å². The first-order valence-corrected chi connectivity index (χ1v) is 3.47. The highest BCUT2D eigenvalue weighted by Gasteiger charge is 2.00. The molecule has 0 aliphatic heterocycles. The van der Waals surface area contributed by atoms with Crippen LogP contribution in [0, 0.1) is 0 Å². The number of nitrogens with two attached hydrogens (primary N) is 1. The average molecular weight is 166 g/mol. The molecule has 0 radical (unpaired) electrons. The predicted molar refractivity (Wildman–Crippen MR) is 44.6 cm³/mol. The smallest absolute Gasteiger partial charge is 0.248 e. The van der Waals surface area contributed by atoms with E-state index >= 15 is 0 Å². The van der Waals surface area contributed by atoms with Crippen LogP contribution >= 0.6 is 0 Å². The molecule has 0 bridgehead atoms. The van der Waals surface area contributed by atoms with Crippen LogP contribution in [0.4, 0.5) is 0 Å². The molecule has 1 aromatic rings. The summed E-state index contributed by atoms with van der Waals surface area (Å²) < 4.78 is 0. The summed E-state index contributed by atoms with van der Waals surface area (Å²) in [6, 6.07) is 6.62. The second-order valence-corrected chi connectivity index (χ2v) is 2.20. The molecular formula is C8H10N2O2. The Balaban J connectivity index is 2.88. The minimum Gasteiger partial charge on any atom is -0.409 e. The van der Waals surface area contributed by atoms with Gasteiger partial charge < -0.3 is 10.6 Å². The maximum Gasteiger partial charge on any atom is 0.248 e. The van der Waals surface area contributed by atoms with Gasteiger partial charge in [-0.05, 0) is 18.2 Å². The van der Waals surface area contributed by atoms with Crippen LogP contribution in [0.1, 0.15) is 10.4 Å². The second kappa shape index (κ2) is 3.73. The van der Waals surface area contributed by atoms with E-state index in [0.29, 0.717) is 11.3 Å².